The summed E-state index contributed by atoms with van der Waals surface area (Å²) in [5.74, 6) is 0.924. The molecule has 78 valence electrons. The highest BCUT2D eigenvalue weighted by atomic mass is 32.1. The van der Waals surface area contributed by atoms with Crippen molar-refractivity contribution in [3.8, 4) is 0 Å². The van der Waals surface area contributed by atoms with Crippen LogP contribution in [-0.4, -0.2) is 16.4 Å². The van der Waals surface area contributed by atoms with Crippen molar-refractivity contribution in [2.75, 3.05) is 12.4 Å². The highest BCUT2D eigenvalue weighted by Gasteiger charge is 2.02. The maximum absolute atomic E-state index is 4.34. The highest BCUT2D eigenvalue weighted by Crippen LogP contribution is 2.11. The minimum absolute atomic E-state index is 0.887. The summed E-state index contributed by atoms with van der Waals surface area (Å²) in [5, 5.41) is 3.88. The van der Waals surface area contributed by atoms with Crippen molar-refractivity contribution < 1.29 is 0 Å². The lowest BCUT2D eigenvalue weighted by atomic mass is 10.1. The van der Waals surface area contributed by atoms with Crippen LogP contribution in [0, 0.1) is 0 Å². The first-order chi connectivity index (χ1) is 7.38. The molecule has 0 aliphatic rings. The lowest BCUT2D eigenvalue weighted by molar-refractivity contribution is 0.890. The molecule has 0 unspecified atom stereocenters. The van der Waals surface area contributed by atoms with Crippen molar-refractivity contribution in [1.29, 1.82) is 0 Å². The van der Waals surface area contributed by atoms with Crippen molar-refractivity contribution in [3.05, 3.63) is 41.7 Å². The van der Waals surface area contributed by atoms with E-state index in [1.807, 2.05) is 13.1 Å². The van der Waals surface area contributed by atoms with Crippen LogP contribution >= 0.6 is 11.5 Å². The van der Waals surface area contributed by atoms with Gasteiger partial charge in [-0.1, -0.05) is 30.3 Å². The molecular weight excluding hydrogens is 206 g/mol. The Balaban J connectivity index is 1.93. The molecule has 0 amide bonds. The number of nitrogens with zero attached hydrogens (tertiary/aromatic N) is 2. The number of aromatic nitrogens is 2. The first-order valence-corrected chi connectivity index (χ1v) is 5.70. The third-order valence-corrected chi connectivity index (χ3v) is 2.93. The van der Waals surface area contributed by atoms with E-state index in [-0.39, 0.29) is 0 Å². The van der Waals surface area contributed by atoms with Crippen LogP contribution in [0.2, 0.25) is 0 Å². The van der Waals surface area contributed by atoms with E-state index < -0.39 is 0 Å². The number of anilines is 1. The van der Waals surface area contributed by atoms with E-state index in [1.54, 1.807) is 0 Å². The number of rotatable bonds is 4. The molecule has 4 heteroatoms. The van der Waals surface area contributed by atoms with Gasteiger partial charge in [0.05, 0.1) is 0 Å². The second-order valence-electron chi connectivity index (χ2n) is 3.25. The fraction of sp³-hybridized carbons (Fsp3) is 0.273. The Morgan fingerprint density at radius 1 is 1.20 bits per heavy atom. The molecule has 0 spiro atoms. The molecule has 0 bridgehead atoms. The second kappa shape index (κ2) is 4.89. The number of benzene rings is 1. The van der Waals surface area contributed by atoms with Crippen molar-refractivity contribution in [2.45, 2.75) is 12.8 Å². The Morgan fingerprint density at radius 3 is 2.67 bits per heavy atom. The molecule has 2 aromatic rings. The molecule has 0 saturated carbocycles. The predicted molar refractivity (Wildman–Crippen MR) is 63.3 cm³/mol. The molecule has 0 saturated heterocycles. The van der Waals surface area contributed by atoms with Crippen LogP contribution in [0.3, 0.4) is 0 Å². The summed E-state index contributed by atoms with van der Waals surface area (Å²) in [6, 6.07) is 10.4. The minimum Gasteiger partial charge on any atom is -0.363 e. The SMILES string of the molecule is CNc1nc(CCc2ccccc2)ns1. The molecule has 0 fully saturated rings. The lowest BCUT2D eigenvalue weighted by Gasteiger charge is -1.97. The fourth-order valence-electron chi connectivity index (χ4n) is 1.36. The minimum atomic E-state index is 0.887. The molecule has 1 heterocycles. The molecule has 0 atom stereocenters. The average molecular weight is 219 g/mol. The maximum atomic E-state index is 4.34. The molecule has 3 nitrogen and oxygen atoms in total. The van der Waals surface area contributed by atoms with Gasteiger partial charge in [-0.2, -0.15) is 4.37 Å². The van der Waals surface area contributed by atoms with Gasteiger partial charge < -0.3 is 5.32 Å². The molecular formula is C11H13N3S. The van der Waals surface area contributed by atoms with Crippen molar-refractivity contribution >= 4 is 16.7 Å². The van der Waals surface area contributed by atoms with E-state index in [0.717, 1.165) is 23.8 Å². The van der Waals surface area contributed by atoms with Gasteiger partial charge in [0.25, 0.3) is 0 Å². The highest BCUT2D eigenvalue weighted by molar-refractivity contribution is 7.09. The Morgan fingerprint density at radius 2 is 2.00 bits per heavy atom. The van der Waals surface area contributed by atoms with Gasteiger partial charge in [0.2, 0.25) is 5.13 Å². The molecule has 0 radical (unpaired) electrons. The van der Waals surface area contributed by atoms with E-state index in [9.17, 15) is 0 Å². The summed E-state index contributed by atoms with van der Waals surface area (Å²) in [7, 11) is 1.86. The largest absolute Gasteiger partial charge is 0.363 e. The average Bonchev–Trinajstić information content (AvgIpc) is 2.76. The van der Waals surface area contributed by atoms with Crippen LogP contribution in [0.5, 0.6) is 0 Å². The standard InChI is InChI=1S/C11H13N3S/c1-12-11-13-10(14-15-11)8-7-9-5-3-2-4-6-9/h2-6H,7-8H2,1H3,(H,12,13,14). The van der Waals surface area contributed by atoms with Crippen molar-refractivity contribution in [3.63, 3.8) is 0 Å². The van der Waals surface area contributed by atoms with Gasteiger partial charge in [0, 0.05) is 25.0 Å². The summed E-state index contributed by atoms with van der Waals surface area (Å²) >= 11 is 1.41. The van der Waals surface area contributed by atoms with Gasteiger partial charge >= 0.3 is 0 Å². The van der Waals surface area contributed by atoms with Crippen LogP contribution in [0.1, 0.15) is 11.4 Å². The van der Waals surface area contributed by atoms with Crippen LogP contribution in [0.15, 0.2) is 30.3 Å². The molecule has 1 N–H and O–H groups in total. The Kier molecular flexibility index (Phi) is 3.29. The van der Waals surface area contributed by atoms with E-state index in [4.69, 9.17) is 0 Å². The van der Waals surface area contributed by atoms with Gasteiger partial charge in [0.1, 0.15) is 5.82 Å². The molecule has 1 aromatic carbocycles. The lowest BCUT2D eigenvalue weighted by Crippen LogP contribution is -1.94. The predicted octanol–water partition coefficient (Wildman–Crippen LogP) is 2.37. The third kappa shape index (κ3) is 2.76. The third-order valence-electron chi connectivity index (χ3n) is 2.16. The number of hydrogen-bond acceptors (Lipinski definition) is 4. The van der Waals surface area contributed by atoms with Crippen molar-refractivity contribution in [2.24, 2.45) is 0 Å². The Hall–Kier alpha value is -1.42. The van der Waals surface area contributed by atoms with E-state index in [0.29, 0.717) is 0 Å². The normalized spacial score (nSPS) is 10.2. The van der Waals surface area contributed by atoms with Crippen LogP contribution < -0.4 is 5.32 Å². The van der Waals surface area contributed by atoms with Gasteiger partial charge in [-0.05, 0) is 12.0 Å². The first-order valence-electron chi connectivity index (χ1n) is 4.93. The van der Waals surface area contributed by atoms with Crippen LogP contribution in [-0.2, 0) is 12.8 Å². The first kappa shape index (κ1) is 10.1. The zero-order valence-corrected chi connectivity index (χ0v) is 9.42. The summed E-state index contributed by atoms with van der Waals surface area (Å²) in [5.41, 5.74) is 1.33. The summed E-state index contributed by atoms with van der Waals surface area (Å²) < 4.78 is 4.27. The topological polar surface area (TPSA) is 37.8 Å². The van der Waals surface area contributed by atoms with E-state index in [1.165, 1.54) is 17.1 Å². The maximum Gasteiger partial charge on any atom is 0.202 e. The zero-order valence-electron chi connectivity index (χ0n) is 8.60. The van der Waals surface area contributed by atoms with Crippen LogP contribution in [0.25, 0.3) is 0 Å². The molecule has 2 rings (SSSR count). The molecule has 0 aliphatic heterocycles. The summed E-state index contributed by atoms with van der Waals surface area (Å²) in [6.45, 7) is 0. The second-order valence-corrected chi connectivity index (χ2v) is 4.00. The van der Waals surface area contributed by atoms with E-state index in [2.05, 4.69) is 38.9 Å². The van der Waals surface area contributed by atoms with E-state index >= 15 is 0 Å². The Labute approximate surface area is 93.4 Å². The summed E-state index contributed by atoms with van der Waals surface area (Å²) in [6.07, 6.45) is 1.91. The number of nitrogens with one attached hydrogen (secondary N) is 1. The van der Waals surface area contributed by atoms with Gasteiger partial charge in [0.15, 0.2) is 0 Å². The zero-order chi connectivity index (χ0) is 10.5. The molecule has 1 aromatic heterocycles. The molecule has 0 aliphatic carbocycles. The molecule has 15 heavy (non-hydrogen) atoms. The van der Waals surface area contributed by atoms with Crippen LogP contribution in [0.4, 0.5) is 5.13 Å². The number of aryl methyl sites for hydroxylation is 2. The monoisotopic (exact) mass is 219 g/mol. The van der Waals surface area contributed by atoms with Gasteiger partial charge in [-0.25, -0.2) is 4.98 Å². The fourth-order valence-corrected chi connectivity index (χ4v) is 1.92. The smallest absolute Gasteiger partial charge is 0.202 e. The van der Waals surface area contributed by atoms with Gasteiger partial charge in [-0.3, -0.25) is 0 Å². The quantitative estimate of drug-likeness (QED) is 0.857. The number of hydrogen-bond donors (Lipinski definition) is 1. The summed E-state index contributed by atoms with van der Waals surface area (Å²) in [4.78, 5) is 4.34. The van der Waals surface area contributed by atoms with Gasteiger partial charge in [-0.15, -0.1) is 0 Å². The van der Waals surface area contributed by atoms with Crippen molar-refractivity contribution in [1.82, 2.24) is 9.36 Å². The Bertz CT molecular complexity index is 411.